The fourth-order valence-electron chi connectivity index (χ4n) is 4.39. The van der Waals surface area contributed by atoms with Gasteiger partial charge in [0.25, 0.3) is 0 Å². The summed E-state index contributed by atoms with van der Waals surface area (Å²) >= 11 is 0. The van der Waals surface area contributed by atoms with E-state index >= 15 is 0 Å². The summed E-state index contributed by atoms with van der Waals surface area (Å²) < 4.78 is 13.9. The maximum absolute atomic E-state index is 5.81. The number of aromatic nitrogens is 1. The van der Waals surface area contributed by atoms with Gasteiger partial charge in [-0.15, -0.1) is 0 Å². The highest BCUT2D eigenvalue weighted by atomic mass is 16.5. The standard InChI is InChI=1S/C30H34NO2/c1-7-16-31-20-24(17-22-10-8-9-11-27(22)31)23-18-26(29(33-6)28(19-23)32-5)21-12-14-25(15-13-21)30(2,3)4/h8-15,17-20H,7,16H2,1-6H3/q+1. The van der Waals surface area contributed by atoms with E-state index in [1.54, 1.807) is 14.2 Å². The maximum atomic E-state index is 5.81. The first kappa shape index (κ1) is 22.8. The molecule has 0 aliphatic heterocycles. The number of para-hydroxylation sites is 1. The summed E-state index contributed by atoms with van der Waals surface area (Å²) in [5.74, 6) is 1.49. The van der Waals surface area contributed by atoms with Gasteiger partial charge in [0, 0.05) is 29.0 Å². The first-order valence-electron chi connectivity index (χ1n) is 11.6. The zero-order valence-electron chi connectivity index (χ0n) is 20.6. The number of hydrogen-bond donors (Lipinski definition) is 0. The number of aryl methyl sites for hydroxylation is 1. The van der Waals surface area contributed by atoms with Gasteiger partial charge >= 0.3 is 0 Å². The molecule has 0 atom stereocenters. The Morgan fingerprint density at radius 3 is 2.15 bits per heavy atom. The molecule has 3 heteroatoms. The van der Waals surface area contributed by atoms with Gasteiger partial charge in [-0.2, -0.15) is 4.57 Å². The van der Waals surface area contributed by atoms with Gasteiger partial charge in [0.2, 0.25) is 5.52 Å². The summed E-state index contributed by atoms with van der Waals surface area (Å²) in [7, 11) is 3.40. The normalized spacial score (nSPS) is 11.6. The Bertz CT molecular complexity index is 1270. The molecule has 1 heterocycles. The predicted molar refractivity (Wildman–Crippen MR) is 137 cm³/mol. The van der Waals surface area contributed by atoms with Crippen LogP contribution in [0.25, 0.3) is 33.2 Å². The molecular formula is C30H34NO2+. The minimum atomic E-state index is 0.111. The molecule has 0 aliphatic carbocycles. The van der Waals surface area contributed by atoms with Gasteiger partial charge in [0.1, 0.15) is 6.54 Å². The molecule has 0 bridgehead atoms. The molecule has 0 fully saturated rings. The number of methoxy groups -OCH3 is 2. The molecule has 0 radical (unpaired) electrons. The van der Waals surface area contributed by atoms with Crippen molar-refractivity contribution in [2.24, 2.45) is 0 Å². The van der Waals surface area contributed by atoms with Crippen molar-refractivity contribution in [1.29, 1.82) is 0 Å². The van der Waals surface area contributed by atoms with Crippen LogP contribution in [0.3, 0.4) is 0 Å². The Balaban J connectivity index is 1.91. The van der Waals surface area contributed by atoms with Crippen LogP contribution in [0.2, 0.25) is 0 Å². The Labute approximate surface area is 197 Å². The average molecular weight is 441 g/mol. The van der Waals surface area contributed by atoms with Crippen molar-refractivity contribution in [1.82, 2.24) is 0 Å². The maximum Gasteiger partial charge on any atom is 0.212 e. The molecule has 4 rings (SSSR count). The van der Waals surface area contributed by atoms with Crippen molar-refractivity contribution in [3.8, 4) is 33.8 Å². The molecule has 0 unspecified atom stereocenters. The van der Waals surface area contributed by atoms with Crippen molar-refractivity contribution in [2.75, 3.05) is 14.2 Å². The molecule has 3 nitrogen and oxygen atoms in total. The lowest BCUT2D eigenvalue weighted by Gasteiger charge is -2.20. The van der Waals surface area contributed by atoms with E-state index in [2.05, 4.69) is 105 Å². The second kappa shape index (κ2) is 9.27. The smallest absolute Gasteiger partial charge is 0.212 e. The summed E-state index contributed by atoms with van der Waals surface area (Å²) in [5.41, 5.74) is 7.09. The third-order valence-corrected chi connectivity index (χ3v) is 6.19. The summed E-state index contributed by atoms with van der Waals surface area (Å²) in [5, 5.41) is 1.23. The van der Waals surface area contributed by atoms with Crippen LogP contribution in [-0.4, -0.2) is 14.2 Å². The van der Waals surface area contributed by atoms with E-state index < -0.39 is 0 Å². The summed E-state index contributed by atoms with van der Waals surface area (Å²) in [6, 6.07) is 23.9. The minimum Gasteiger partial charge on any atom is -0.493 e. The average Bonchev–Trinajstić information content (AvgIpc) is 2.82. The molecule has 0 saturated heterocycles. The molecule has 0 saturated carbocycles. The topological polar surface area (TPSA) is 22.3 Å². The van der Waals surface area contributed by atoms with Crippen LogP contribution in [0.5, 0.6) is 11.5 Å². The monoisotopic (exact) mass is 440 g/mol. The van der Waals surface area contributed by atoms with Crippen molar-refractivity contribution >= 4 is 10.9 Å². The van der Waals surface area contributed by atoms with Gasteiger partial charge in [-0.05, 0) is 46.4 Å². The predicted octanol–water partition coefficient (Wildman–Crippen LogP) is 7.19. The Kier molecular flexibility index (Phi) is 6.42. The molecule has 0 aliphatic rings. The number of fused-ring (bicyclic) bond motifs is 1. The molecule has 0 N–H and O–H groups in total. The van der Waals surface area contributed by atoms with E-state index in [-0.39, 0.29) is 5.41 Å². The zero-order chi connectivity index (χ0) is 23.6. The first-order valence-corrected chi connectivity index (χ1v) is 11.6. The van der Waals surface area contributed by atoms with E-state index in [1.807, 2.05) is 0 Å². The third-order valence-electron chi connectivity index (χ3n) is 6.19. The molecule has 0 amide bonds. The van der Waals surface area contributed by atoms with Crippen molar-refractivity contribution in [3.63, 3.8) is 0 Å². The fourth-order valence-corrected chi connectivity index (χ4v) is 4.39. The SMILES string of the molecule is CCC[n+]1cc(-c2cc(OC)c(OC)c(-c3ccc(C(C)(C)C)cc3)c2)cc2ccccc21. The molecule has 3 aromatic carbocycles. The Hall–Kier alpha value is -3.33. The van der Waals surface area contributed by atoms with Gasteiger partial charge in [-0.25, -0.2) is 0 Å². The van der Waals surface area contributed by atoms with Crippen LogP contribution < -0.4 is 14.0 Å². The summed E-state index contributed by atoms with van der Waals surface area (Å²) in [6.45, 7) is 9.89. The molecule has 33 heavy (non-hydrogen) atoms. The number of nitrogens with zero attached hydrogens (tertiary/aromatic N) is 1. The number of ether oxygens (including phenoxy) is 2. The van der Waals surface area contributed by atoms with Gasteiger partial charge in [0.05, 0.1) is 14.2 Å². The van der Waals surface area contributed by atoms with Crippen LogP contribution in [0.15, 0.2) is 72.9 Å². The van der Waals surface area contributed by atoms with E-state index in [4.69, 9.17) is 9.47 Å². The highest BCUT2D eigenvalue weighted by molar-refractivity contribution is 5.85. The summed E-state index contributed by atoms with van der Waals surface area (Å²) in [4.78, 5) is 0. The zero-order valence-corrected chi connectivity index (χ0v) is 20.6. The molecule has 1 aromatic heterocycles. The lowest BCUT2D eigenvalue weighted by atomic mass is 9.86. The van der Waals surface area contributed by atoms with Crippen LogP contribution in [0.4, 0.5) is 0 Å². The first-order chi connectivity index (χ1) is 15.9. The second-order valence-electron chi connectivity index (χ2n) is 9.57. The second-order valence-corrected chi connectivity index (χ2v) is 9.57. The van der Waals surface area contributed by atoms with Gasteiger partial charge in [-0.1, -0.05) is 64.1 Å². The highest BCUT2D eigenvalue weighted by Gasteiger charge is 2.19. The molecule has 170 valence electrons. The molecule has 4 aromatic rings. The van der Waals surface area contributed by atoms with E-state index in [1.165, 1.54) is 16.5 Å². The van der Waals surface area contributed by atoms with E-state index in [0.717, 1.165) is 46.7 Å². The molecular weight excluding hydrogens is 406 g/mol. The van der Waals surface area contributed by atoms with E-state index in [9.17, 15) is 0 Å². The Morgan fingerprint density at radius 2 is 1.52 bits per heavy atom. The van der Waals surface area contributed by atoms with Gasteiger partial charge in [-0.3, -0.25) is 0 Å². The van der Waals surface area contributed by atoms with Crippen molar-refractivity contribution < 1.29 is 14.0 Å². The summed E-state index contributed by atoms with van der Waals surface area (Å²) in [6.07, 6.45) is 3.33. The number of benzene rings is 3. The lowest BCUT2D eigenvalue weighted by Crippen LogP contribution is -2.34. The van der Waals surface area contributed by atoms with Crippen LogP contribution in [0, 0.1) is 0 Å². The van der Waals surface area contributed by atoms with Crippen LogP contribution in [-0.2, 0) is 12.0 Å². The number of pyridine rings is 1. The highest BCUT2D eigenvalue weighted by Crippen LogP contribution is 2.42. The van der Waals surface area contributed by atoms with E-state index in [0.29, 0.717) is 0 Å². The minimum absolute atomic E-state index is 0.111. The quantitative estimate of drug-likeness (QED) is 0.296. The largest absolute Gasteiger partial charge is 0.493 e. The Morgan fingerprint density at radius 1 is 0.788 bits per heavy atom. The van der Waals surface area contributed by atoms with Crippen molar-refractivity contribution in [3.05, 3.63) is 78.5 Å². The van der Waals surface area contributed by atoms with Crippen LogP contribution in [0.1, 0.15) is 39.7 Å². The fraction of sp³-hybridized carbons (Fsp3) is 0.300. The number of hydrogen-bond acceptors (Lipinski definition) is 2. The number of rotatable bonds is 6. The molecule has 0 spiro atoms. The van der Waals surface area contributed by atoms with Gasteiger partial charge < -0.3 is 9.47 Å². The third kappa shape index (κ3) is 4.59. The van der Waals surface area contributed by atoms with Crippen LogP contribution >= 0.6 is 0 Å². The van der Waals surface area contributed by atoms with Crippen molar-refractivity contribution in [2.45, 2.75) is 46.1 Å². The lowest BCUT2D eigenvalue weighted by molar-refractivity contribution is -0.670. The van der Waals surface area contributed by atoms with Gasteiger partial charge in [0.15, 0.2) is 17.7 Å².